The largest absolute Gasteiger partial charge is 0.358 e. The van der Waals surface area contributed by atoms with E-state index >= 15 is 0 Å². The fraction of sp³-hybridized carbons (Fsp3) is 0.280. The van der Waals surface area contributed by atoms with Crippen molar-refractivity contribution in [1.82, 2.24) is 29.3 Å². The molecule has 0 unspecified atom stereocenters. The highest BCUT2D eigenvalue weighted by Crippen LogP contribution is 2.27. The van der Waals surface area contributed by atoms with Crippen molar-refractivity contribution in [2.24, 2.45) is 12.0 Å². The lowest BCUT2D eigenvalue weighted by Gasteiger charge is -2.36. The number of hydrogen-bond acceptors (Lipinski definition) is 6. The van der Waals surface area contributed by atoms with Gasteiger partial charge in [-0.1, -0.05) is 18.2 Å². The Balaban J connectivity index is 1.21. The molecular weight excluding hydrogens is 430 g/mol. The number of carbonyl (C=O) groups is 1. The molecule has 34 heavy (non-hydrogen) atoms. The van der Waals surface area contributed by atoms with Gasteiger partial charge in [0.15, 0.2) is 5.65 Å². The summed E-state index contributed by atoms with van der Waals surface area (Å²) in [4.78, 5) is 39.7. The lowest BCUT2D eigenvalue weighted by atomic mass is 10.0. The molecule has 1 saturated heterocycles. The summed E-state index contributed by atoms with van der Waals surface area (Å²) in [5.41, 5.74) is 3.51. The molecule has 9 heteroatoms. The standard InChI is InChI=1S/C25H25N7O2/c1-30-14-18(17-5-2-3-6-20(17)30)23(33)19-13-22(28-15-27-19)31-11-8-16(9-12-31)32-21-7-4-10-26-24(21)29-25(32)34/h2-7,10,13-14,16,28H,8-9,11-12,15H2,1H3,(H,26,29,34). The van der Waals surface area contributed by atoms with Gasteiger partial charge in [0, 0.05) is 61.1 Å². The van der Waals surface area contributed by atoms with Crippen molar-refractivity contribution in [1.29, 1.82) is 0 Å². The van der Waals surface area contributed by atoms with E-state index in [0.29, 0.717) is 23.6 Å². The lowest BCUT2D eigenvalue weighted by Crippen LogP contribution is -2.42. The van der Waals surface area contributed by atoms with Crippen molar-refractivity contribution in [3.8, 4) is 0 Å². The van der Waals surface area contributed by atoms with Gasteiger partial charge in [-0.2, -0.15) is 0 Å². The third-order valence-electron chi connectivity index (χ3n) is 6.82. The zero-order valence-electron chi connectivity index (χ0n) is 18.9. The van der Waals surface area contributed by atoms with Crippen LogP contribution in [0, 0.1) is 0 Å². The summed E-state index contributed by atoms with van der Waals surface area (Å²) in [5, 5.41) is 4.25. The minimum absolute atomic E-state index is 0.0662. The van der Waals surface area contributed by atoms with Crippen LogP contribution >= 0.6 is 0 Å². The summed E-state index contributed by atoms with van der Waals surface area (Å²) >= 11 is 0. The molecule has 0 saturated carbocycles. The van der Waals surface area contributed by atoms with Gasteiger partial charge >= 0.3 is 5.69 Å². The first-order chi connectivity index (χ1) is 16.6. The van der Waals surface area contributed by atoms with E-state index in [2.05, 4.69) is 25.2 Å². The summed E-state index contributed by atoms with van der Waals surface area (Å²) in [5.74, 6) is 0.841. The quantitative estimate of drug-likeness (QED) is 0.461. The third-order valence-corrected chi connectivity index (χ3v) is 6.82. The molecule has 3 aromatic heterocycles. The molecule has 0 spiro atoms. The first-order valence-electron chi connectivity index (χ1n) is 11.5. The number of aromatic nitrogens is 4. The number of rotatable bonds is 4. The highest BCUT2D eigenvalue weighted by atomic mass is 16.1. The van der Waals surface area contributed by atoms with Crippen LogP contribution in [-0.2, 0) is 7.05 Å². The van der Waals surface area contributed by atoms with Gasteiger partial charge < -0.3 is 14.8 Å². The van der Waals surface area contributed by atoms with Crippen LogP contribution in [0.5, 0.6) is 0 Å². The van der Waals surface area contributed by atoms with Crippen molar-refractivity contribution >= 4 is 33.6 Å². The van der Waals surface area contributed by atoms with E-state index < -0.39 is 0 Å². The number of allylic oxidation sites excluding steroid dienone is 1. The number of imidazole rings is 1. The molecule has 0 radical (unpaired) electrons. The van der Waals surface area contributed by atoms with E-state index in [-0.39, 0.29) is 17.5 Å². The van der Waals surface area contributed by atoms with E-state index in [4.69, 9.17) is 0 Å². The topological polar surface area (TPSA) is 100 Å². The lowest BCUT2D eigenvalue weighted by molar-refractivity contribution is 0.106. The monoisotopic (exact) mass is 455 g/mol. The van der Waals surface area contributed by atoms with Crippen LogP contribution in [0.1, 0.15) is 29.2 Å². The number of likely N-dealkylation sites (tertiary alicyclic amines) is 1. The van der Waals surface area contributed by atoms with Gasteiger partial charge in [-0.05, 0) is 31.0 Å². The zero-order valence-corrected chi connectivity index (χ0v) is 18.9. The normalized spacial score (nSPS) is 17.0. The Labute approximate surface area is 195 Å². The van der Waals surface area contributed by atoms with E-state index in [1.807, 2.05) is 64.9 Å². The fourth-order valence-electron chi connectivity index (χ4n) is 5.12. The van der Waals surface area contributed by atoms with Crippen molar-refractivity contribution in [2.45, 2.75) is 18.9 Å². The molecule has 2 aliphatic rings. The fourth-order valence-corrected chi connectivity index (χ4v) is 5.12. The number of nitrogens with zero attached hydrogens (tertiary/aromatic N) is 5. The molecule has 9 nitrogen and oxygen atoms in total. The average Bonchev–Trinajstić information content (AvgIpc) is 3.40. The number of H-pyrrole nitrogens is 1. The minimum Gasteiger partial charge on any atom is -0.358 e. The highest BCUT2D eigenvalue weighted by molar-refractivity contribution is 6.51. The van der Waals surface area contributed by atoms with Crippen LogP contribution < -0.4 is 11.0 Å². The number of para-hydroxylation sites is 1. The molecule has 2 aliphatic heterocycles. The van der Waals surface area contributed by atoms with E-state index in [1.165, 1.54) is 0 Å². The number of pyridine rings is 1. The number of Topliss-reactive ketones (excluding diaryl/α,β-unsaturated/α-hetero) is 1. The molecule has 172 valence electrons. The number of hydrogen-bond donors (Lipinski definition) is 2. The predicted molar refractivity (Wildman–Crippen MR) is 131 cm³/mol. The predicted octanol–water partition coefficient (Wildman–Crippen LogP) is 2.58. The number of ketones is 1. The van der Waals surface area contributed by atoms with Crippen molar-refractivity contribution in [3.05, 3.63) is 76.7 Å². The zero-order chi connectivity index (χ0) is 23.2. The molecule has 0 aliphatic carbocycles. The number of carbonyl (C=O) groups excluding carboxylic acids is 1. The molecule has 0 amide bonds. The van der Waals surface area contributed by atoms with Crippen LogP contribution in [0.3, 0.4) is 0 Å². The Hall–Kier alpha value is -4.14. The average molecular weight is 456 g/mol. The van der Waals surface area contributed by atoms with Gasteiger partial charge in [0.25, 0.3) is 0 Å². The maximum Gasteiger partial charge on any atom is 0.327 e. The van der Waals surface area contributed by atoms with Crippen LogP contribution in [0.4, 0.5) is 0 Å². The van der Waals surface area contributed by atoms with Gasteiger partial charge in [0.2, 0.25) is 5.78 Å². The first kappa shape index (κ1) is 20.5. The molecule has 0 bridgehead atoms. The van der Waals surface area contributed by atoms with E-state index in [9.17, 15) is 9.59 Å². The molecule has 5 heterocycles. The van der Waals surface area contributed by atoms with Crippen LogP contribution in [0.2, 0.25) is 0 Å². The molecule has 4 aromatic rings. The second-order valence-electron chi connectivity index (χ2n) is 8.80. The van der Waals surface area contributed by atoms with E-state index in [1.54, 1.807) is 6.20 Å². The van der Waals surface area contributed by atoms with Crippen LogP contribution in [-0.4, -0.2) is 55.3 Å². The Morgan fingerprint density at radius 1 is 1.09 bits per heavy atom. The smallest absolute Gasteiger partial charge is 0.327 e. The Morgan fingerprint density at radius 3 is 2.74 bits per heavy atom. The highest BCUT2D eigenvalue weighted by Gasteiger charge is 2.27. The molecule has 1 aromatic carbocycles. The van der Waals surface area contributed by atoms with Crippen molar-refractivity contribution in [2.75, 3.05) is 19.8 Å². The first-order valence-corrected chi connectivity index (χ1v) is 11.5. The number of aliphatic imine (C=N–C) groups is 1. The number of aryl methyl sites for hydroxylation is 1. The van der Waals surface area contributed by atoms with Crippen LogP contribution in [0.15, 0.2) is 70.5 Å². The van der Waals surface area contributed by atoms with Crippen molar-refractivity contribution in [3.63, 3.8) is 0 Å². The number of benzene rings is 1. The summed E-state index contributed by atoms with van der Waals surface area (Å²) < 4.78 is 3.81. The number of piperidine rings is 1. The van der Waals surface area contributed by atoms with Gasteiger partial charge in [-0.15, -0.1) is 0 Å². The summed E-state index contributed by atoms with van der Waals surface area (Å²) in [7, 11) is 1.95. The molecule has 0 atom stereocenters. The van der Waals surface area contributed by atoms with Gasteiger partial charge in [-0.3, -0.25) is 19.3 Å². The molecule has 2 N–H and O–H groups in total. The van der Waals surface area contributed by atoms with Crippen molar-refractivity contribution < 1.29 is 4.79 Å². The minimum atomic E-state index is -0.114. The second kappa shape index (κ2) is 8.02. The Morgan fingerprint density at radius 2 is 1.88 bits per heavy atom. The molecule has 6 rings (SSSR count). The Kier molecular flexibility index (Phi) is 4.83. The second-order valence-corrected chi connectivity index (χ2v) is 8.80. The van der Waals surface area contributed by atoms with Gasteiger partial charge in [-0.25, -0.2) is 9.78 Å². The summed E-state index contributed by atoms with van der Waals surface area (Å²) in [6, 6.07) is 11.8. The number of aromatic amines is 1. The van der Waals surface area contributed by atoms with E-state index in [0.717, 1.165) is 48.2 Å². The Bertz CT molecular complexity index is 1530. The maximum absolute atomic E-state index is 13.3. The number of fused-ring (bicyclic) bond motifs is 2. The SMILES string of the molecule is Cn1cc(C(=O)C2=NCNC(N3CCC(n4c(=O)[nH]c5ncccc54)CC3)=C2)c2ccccc21. The summed E-state index contributed by atoms with van der Waals surface area (Å²) in [6.07, 6.45) is 7.07. The van der Waals surface area contributed by atoms with Gasteiger partial charge in [0.05, 0.1) is 5.52 Å². The molecular formula is C25H25N7O2. The maximum atomic E-state index is 13.3. The van der Waals surface area contributed by atoms with Gasteiger partial charge in [0.1, 0.15) is 18.2 Å². The molecule has 1 fully saturated rings. The third kappa shape index (κ3) is 3.32. The summed E-state index contributed by atoms with van der Waals surface area (Å²) in [6.45, 7) is 1.92. The number of nitrogens with one attached hydrogen (secondary N) is 2. The van der Waals surface area contributed by atoms with Crippen LogP contribution in [0.25, 0.3) is 22.1 Å².